The maximum absolute atomic E-state index is 6.64. The normalized spacial score (nSPS) is 12.1. The number of ether oxygens (including phenoxy) is 2. The minimum Gasteiger partial charge on any atom is -0.490 e. The van der Waals surface area contributed by atoms with E-state index in [1.54, 1.807) is 0 Å². The summed E-state index contributed by atoms with van der Waals surface area (Å²) < 4.78 is 12.8. The monoisotopic (exact) mass is 411 g/mol. The largest absolute Gasteiger partial charge is 0.490 e. The Hall–Kier alpha value is -2.00. The summed E-state index contributed by atoms with van der Waals surface area (Å²) in [7, 11) is 0. The minimum atomic E-state index is -0.462. The number of para-hydroxylation sites is 1. The highest BCUT2D eigenvalue weighted by atomic mass is 16.5. The van der Waals surface area contributed by atoms with Crippen LogP contribution in [-0.2, 0) is 17.4 Å². The van der Waals surface area contributed by atoms with Gasteiger partial charge in [0.05, 0.1) is 6.61 Å². The standard InChI is InChI=1S/C27H41NO2/c1-8-11-15-18-26(4,5)23-19-22(27(6,7)28)21(9-2)24(29-10-3)25(23)30-20-16-13-12-14-17-20/h12-14,16-17,19H,8-11,15,18,28H2,1-7H3. The van der Waals surface area contributed by atoms with Gasteiger partial charge >= 0.3 is 0 Å². The Labute approximate surface area is 184 Å². The molecule has 3 nitrogen and oxygen atoms in total. The van der Waals surface area contributed by atoms with Crippen LogP contribution in [0, 0.1) is 0 Å². The minimum absolute atomic E-state index is 0.0581. The summed E-state index contributed by atoms with van der Waals surface area (Å²) >= 11 is 0. The van der Waals surface area contributed by atoms with E-state index in [1.165, 1.54) is 24.8 Å². The second kappa shape index (κ2) is 10.3. The summed E-state index contributed by atoms with van der Waals surface area (Å²) in [6, 6.07) is 12.3. The molecule has 0 aromatic heterocycles. The highest BCUT2D eigenvalue weighted by Gasteiger charge is 2.32. The second-order valence-corrected chi connectivity index (χ2v) is 9.37. The molecule has 0 unspecified atom stereocenters. The predicted molar refractivity (Wildman–Crippen MR) is 128 cm³/mol. The molecule has 30 heavy (non-hydrogen) atoms. The van der Waals surface area contributed by atoms with Crippen molar-refractivity contribution >= 4 is 0 Å². The zero-order valence-electron chi connectivity index (χ0n) is 20.1. The Balaban J connectivity index is 2.75. The molecule has 0 bridgehead atoms. The van der Waals surface area contributed by atoms with E-state index in [0.29, 0.717) is 6.61 Å². The SMILES string of the molecule is CCCCCC(C)(C)c1cc(C(C)(C)N)c(CC)c(OCC)c1Oc1ccccc1. The van der Waals surface area contributed by atoms with Gasteiger partial charge < -0.3 is 15.2 Å². The van der Waals surface area contributed by atoms with Crippen molar-refractivity contribution in [3.8, 4) is 17.2 Å². The lowest BCUT2D eigenvalue weighted by molar-refractivity contribution is 0.310. The van der Waals surface area contributed by atoms with Crippen LogP contribution in [0.15, 0.2) is 36.4 Å². The molecule has 0 saturated heterocycles. The number of hydrogen-bond acceptors (Lipinski definition) is 3. The van der Waals surface area contributed by atoms with E-state index in [4.69, 9.17) is 15.2 Å². The van der Waals surface area contributed by atoms with Crippen molar-refractivity contribution in [1.29, 1.82) is 0 Å². The first-order valence-corrected chi connectivity index (χ1v) is 11.5. The van der Waals surface area contributed by atoms with Crippen molar-refractivity contribution in [2.75, 3.05) is 6.61 Å². The zero-order chi connectivity index (χ0) is 22.4. The maximum atomic E-state index is 6.64. The van der Waals surface area contributed by atoms with Gasteiger partial charge in [0.2, 0.25) is 0 Å². The molecule has 0 aliphatic carbocycles. The van der Waals surface area contributed by atoms with Crippen LogP contribution in [0.25, 0.3) is 0 Å². The van der Waals surface area contributed by atoms with Gasteiger partial charge in [-0.25, -0.2) is 0 Å². The third-order valence-electron chi connectivity index (χ3n) is 5.77. The van der Waals surface area contributed by atoms with Crippen LogP contribution in [0.3, 0.4) is 0 Å². The van der Waals surface area contributed by atoms with Gasteiger partial charge in [0.25, 0.3) is 0 Å². The lowest BCUT2D eigenvalue weighted by atomic mass is 9.76. The van der Waals surface area contributed by atoms with Gasteiger partial charge in [0.1, 0.15) is 5.75 Å². The van der Waals surface area contributed by atoms with Crippen LogP contribution in [-0.4, -0.2) is 6.61 Å². The maximum Gasteiger partial charge on any atom is 0.173 e. The van der Waals surface area contributed by atoms with Crippen LogP contribution >= 0.6 is 0 Å². The van der Waals surface area contributed by atoms with Crippen molar-refractivity contribution in [2.45, 2.75) is 91.5 Å². The Morgan fingerprint density at radius 3 is 2.07 bits per heavy atom. The number of hydrogen-bond donors (Lipinski definition) is 1. The first-order chi connectivity index (χ1) is 14.2. The van der Waals surface area contributed by atoms with Gasteiger partial charge in [-0.1, -0.05) is 65.2 Å². The van der Waals surface area contributed by atoms with Gasteiger partial charge in [-0.2, -0.15) is 0 Å². The molecule has 2 aromatic rings. The quantitative estimate of drug-likeness (QED) is 0.389. The van der Waals surface area contributed by atoms with Gasteiger partial charge in [0.15, 0.2) is 11.5 Å². The number of rotatable bonds is 11. The summed E-state index contributed by atoms with van der Waals surface area (Å²) in [6.45, 7) is 15.8. The highest BCUT2D eigenvalue weighted by Crippen LogP contribution is 2.48. The third kappa shape index (κ3) is 5.78. The second-order valence-electron chi connectivity index (χ2n) is 9.37. The molecule has 0 fully saturated rings. The van der Waals surface area contributed by atoms with Crippen molar-refractivity contribution in [3.05, 3.63) is 53.1 Å². The summed E-state index contributed by atoms with van der Waals surface area (Å²) in [5.41, 5.74) is 9.58. The van der Waals surface area contributed by atoms with Gasteiger partial charge in [-0.15, -0.1) is 0 Å². The Kier molecular flexibility index (Phi) is 8.37. The summed E-state index contributed by atoms with van der Waals surface area (Å²) in [5.74, 6) is 2.51. The third-order valence-corrected chi connectivity index (χ3v) is 5.77. The highest BCUT2D eigenvalue weighted by molar-refractivity contribution is 5.60. The molecule has 0 spiro atoms. The van der Waals surface area contributed by atoms with Crippen LogP contribution in [0.5, 0.6) is 17.2 Å². The topological polar surface area (TPSA) is 44.5 Å². The zero-order valence-corrected chi connectivity index (χ0v) is 20.1. The van der Waals surface area contributed by atoms with E-state index in [-0.39, 0.29) is 5.41 Å². The molecule has 2 N–H and O–H groups in total. The van der Waals surface area contributed by atoms with Crippen LogP contribution in [0.2, 0.25) is 0 Å². The van der Waals surface area contributed by atoms with Gasteiger partial charge in [0, 0.05) is 16.7 Å². The van der Waals surface area contributed by atoms with Crippen molar-refractivity contribution in [3.63, 3.8) is 0 Å². The fraction of sp³-hybridized carbons (Fsp3) is 0.556. The molecule has 0 heterocycles. The number of nitrogens with two attached hydrogens (primary N) is 1. The van der Waals surface area contributed by atoms with Gasteiger partial charge in [-0.05, 0) is 62.8 Å². The molecule has 2 rings (SSSR count). The van der Waals surface area contributed by atoms with E-state index in [1.807, 2.05) is 37.3 Å². The molecule has 0 radical (unpaired) electrons. The fourth-order valence-corrected chi connectivity index (χ4v) is 4.06. The molecule has 2 aromatic carbocycles. The molecule has 0 aliphatic rings. The lowest BCUT2D eigenvalue weighted by Gasteiger charge is -2.33. The van der Waals surface area contributed by atoms with Crippen LogP contribution in [0.4, 0.5) is 0 Å². The van der Waals surface area contributed by atoms with Crippen LogP contribution in [0.1, 0.15) is 90.8 Å². The van der Waals surface area contributed by atoms with E-state index < -0.39 is 5.54 Å². The molecule has 166 valence electrons. The van der Waals surface area contributed by atoms with E-state index in [2.05, 4.69) is 47.6 Å². The molecule has 0 saturated carbocycles. The Morgan fingerprint density at radius 2 is 1.53 bits per heavy atom. The molecule has 3 heteroatoms. The van der Waals surface area contributed by atoms with Crippen LogP contribution < -0.4 is 15.2 Å². The van der Waals surface area contributed by atoms with Crippen molar-refractivity contribution in [2.24, 2.45) is 5.73 Å². The molecule has 0 atom stereocenters. The smallest absolute Gasteiger partial charge is 0.173 e. The van der Waals surface area contributed by atoms with Gasteiger partial charge in [-0.3, -0.25) is 0 Å². The predicted octanol–water partition coefficient (Wildman–Crippen LogP) is 7.49. The Morgan fingerprint density at radius 1 is 0.867 bits per heavy atom. The van der Waals surface area contributed by atoms with E-state index in [9.17, 15) is 0 Å². The first kappa shape index (κ1) is 24.3. The molecular formula is C27H41NO2. The first-order valence-electron chi connectivity index (χ1n) is 11.5. The van der Waals surface area contributed by atoms with E-state index in [0.717, 1.165) is 41.2 Å². The number of unbranched alkanes of at least 4 members (excludes halogenated alkanes) is 2. The molecule has 0 aliphatic heterocycles. The fourth-order valence-electron chi connectivity index (χ4n) is 4.06. The lowest BCUT2D eigenvalue weighted by Crippen LogP contribution is -2.31. The van der Waals surface area contributed by atoms with E-state index >= 15 is 0 Å². The van der Waals surface area contributed by atoms with Crippen molar-refractivity contribution in [1.82, 2.24) is 0 Å². The average molecular weight is 412 g/mol. The number of benzene rings is 2. The summed E-state index contributed by atoms with van der Waals surface area (Å²) in [4.78, 5) is 0. The summed E-state index contributed by atoms with van der Waals surface area (Å²) in [6.07, 6.45) is 5.57. The molecule has 0 amide bonds. The van der Waals surface area contributed by atoms with Crippen molar-refractivity contribution < 1.29 is 9.47 Å². The molecular weight excluding hydrogens is 370 g/mol. The average Bonchev–Trinajstić information content (AvgIpc) is 2.68. The Bertz CT molecular complexity index is 804. The summed E-state index contributed by atoms with van der Waals surface area (Å²) in [5, 5.41) is 0.